The van der Waals surface area contributed by atoms with Crippen molar-refractivity contribution in [1.29, 1.82) is 0 Å². The molecule has 0 unspecified atom stereocenters. The highest BCUT2D eigenvalue weighted by Crippen LogP contribution is 2.27. The first-order chi connectivity index (χ1) is 14.0. The molecule has 0 aliphatic carbocycles. The molecular weight excluding hydrogens is 376 g/mol. The van der Waals surface area contributed by atoms with E-state index >= 15 is 0 Å². The normalized spacial score (nSPS) is 11.0. The van der Waals surface area contributed by atoms with Crippen molar-refractivity contribution in [1.82, 2.24) is 4.98 Å². The van der Waals surface area contributed by atoms with Crippen LogP contribution < -0.4 is 9.47 Å². The highest BCUT2D eigenvalue weighted by Gasteiger charge is 2.15. The molecule has 0 bridgehead atoms. The smallest absolute Gasteiger partial charge is 0.337 e. The number of ether oxygens (including phenoxy) is 3. The third-order valence-electron chi connectivity index (χ3n) is 4.05. The SMILES string of the molecule is COCC(=O)Oc1ccc(/C=C/c2ccc3cccc(OC)c3n2)c([N+](=O)[O-])c1. The van der Waals surface area contributed by atoms with Gasteiger partial charge in [-0.3, -0.25) is 10.1 Å². The molecule has 2 aromatic carbocycles. The monoisotopic (exact) mass is 394 g/mol. The summed E-state index contributed by atoms with van der Waals surface area (Å²) < 4.78 is 15.0. The average Bonchev–Trinajstić information content (AvgIpc) is 2.72. The molecule has 8 nitrogen and oxygen atoms in total. The van der Waals surface area contributed by atoms with Gasteiger partial charge in [0, 0.05) is 12.5 Å². The number of nitro benzene ring substituents is 1. The lowest BCUT2D eigenvalue weighted by molar-refractivity contribution is -0.385. The Morgan fingerprint density at radius 2 is 1.97 bits per heavy atom. The number of fused-ring (bicyclic) bond motifs is 1. The van der Waals surface area contributed by atoms with Crippen LogP contribution in [-0.2, 0) is 9.53 Å². The van der Waals surface area contributed by atoms with Crippen LogP contribution in [0.25, 0.3) is 23.1 Å². The summed E-state index contributed by atoms with van der Waals surface area (Å²) in [6.07, 6.45) is 3.26. The van der Waals surface area contributed by atoms with Crippen molar-refractivity contribution in [3.63, 3.8) is 0 Å². The molecule has 8 heteroatoms. The zero-order chi connectivity index (χ0) is 20.8. The lowest BCUT2D eigenvalue weighted by Crippen LogP contribution is -2.14. The first-order valence-corrected chi connectivity index (χ1v) is 8.61. The number of benzene rings is 2. The third-order valence-corrected chi connectivity index (χ3v) is 4.05. The molecule has 0 fully saturated rings. The standard InChI is InChI=1S/C21H18N2O6/c1-27-13-20(24)29-17-11-8-14(18(12-17)23(25)26)6-9-16-10-7-15-4-3-5-19(28-2)21(15)22-16/h3-12H,13H2,1-2H3/b9-6+. The quantitative estimate of drug-likeness (QED) is 0.259. The van der Waals surface area contributed by atoms with Gasteiger partial charge in [0.05, 0.1) is 29.4 Å². The van der Waals surface area contributed by atoms with Gasteiger partial charge in [0.15, 0.2) is 0 Å². The van der Waals surface area contributed by atoms with Crippen LogP contribution >= 0.6 is 0 Å². The van der Waals surface area contributed by atoms with Gasteiger partial charge in [0.25, 0.3) is 5.69 Å². The summed E-state index contributed by atoms with van der Waals surface area (Å²) in [5, 5.41) is 12.4. The van der Waals surface area contributed by atoms with Crippen LogP contribution in [0.5, 0.6) is 11.5 Å². The van der Waals surface area contributed by atoms with Crippen LogP contribution in [0, 0.1) is 10.1 Å². The molecule has 0 saturated heterocycles. The zero-order valence-electron chi connectivity index (χ0n) is 15.8. The van der Waals surface area contributed by atoms with E-state index in [0.29, 0.717) is 22.5 Å². The second-order valence-corrected chi connectivity index (χ2v) is 5.99. The van der Waals surface area contributed by atoms with E-state index < -0.39 is 10.9 Å². The molecule has 148 valence electrons. The van der Waals surface area contributed by atoms with Crippen molar-refractivity contribution in [2.75, 3.05) is 20.8 Å². The first kappa shape index (κ1) is 20.0. The number of hydrogen-bond donors (Lipinski definition) is 0. The minimum Gasteiger partial charge on any atom is -0.494 e. The Morgan fingerprint density at radius 3 is 2.69 bits per heavy atom. The minimum absolute atomic E-state index is 0.0736. The predicted octanol–water partition coefficient (Wildman–Crippen LogP) is 3.87. The Hall–Kier alpha value is -3.78. The van der Waals surface area contributed by atoms with Crippen LogP contribution in [0.3, 0.4) is 0 Å². The number of carbonyl (C=O) groups excluding carboxylic acids is 1. The molecular formula is C21H18N2O6. The van der Waals surface area contributed by atoms with Crippen LogP contribution in [0.15, 0.2) is 48.5 Å². The van der Waals surface area contributed by atoms with Gasteiger partial charge < -0.3 is 14.2 Å². The third kappa shape index (κ3) is 4.74. The summed E-state index contributed by atoms with van der Waals surface area (Å²) in [5.41, 5.74) is 1.48. The number of aromatic nitrogens is 1. The molecule has 0 saturated carbocycles. The number of hydrogen-bond acceptors (Lipinski definition) is 7. The Bertz CT molecular complexity index is 1090. The van der Waals surface area contributed by atoms with Gasteiger partial charge in [-0.1, -0.05) is 18.2 Å². The first-order valence-electron chi connectivity index (χ1n) is 8.61. The summed E-state index contributed by atoms with van der Waals surface area (Å²) in [6.45, 7) is -0.244. The van der Waals surface area contributed by atoms with Gasteiger partial charge in [-0.15, -0.1) is 0 Å². The topological polar surface area (TPSA) is 101 Å². The van der Waals surface area contributed by atoms with Crippen LogP contribution in [0.2, 0.25) is 0 Å². The molecule has 0 spiro atoms. The maximum atomic E-state index is 11.5. The molecule has 0 aliphatic heterocycles. The average molecular weight is 394 g/mol. The van der Waals surface area contributed by atoms with Crippen molar-refractivity contribution >= 4 is 34.7 Å². The van der Waals surface area contributed by atoms with Crippen LogP contribution in [-0.4, -0.2) is 36.7 Å². The van der Waals surface area contributed by atoms with Crippen molar-refractivity contribution in [2.24, 2.45) is 0 Å². The number of carbonyl (C=O) groups is 1. The Balaban J connectivity index is 1.90. The van der Waals surface area contributed by atoms with Crippen molar-refractivity contribution in [2.45, 2.75) is 0 Å². The van der Waals surface area contributed by atoms with Gasteiger partial charge in [0.1, 0.15) is 23.6 Å². The molecule has 0 radical (unpaired) electrons. The van der Waals surface area contributed by atoms with Gasteiger partial charge in [-0.25, -0.2) is 9.78 Å². The van der Waals surface area contributed by atoms with E-state index in [2.05, 4.69) is 9.72 Å². The van der Waals surface area contributed by atoms with E-state index in [1.165, 1.54) is 25.3 Å². The predicted molar refractivity (Wildman–Crippen MR) is 108 cm³/mol. The number of pyridine rings is 1. The number of esters is 1. The Labute approximate surface area is 166 Å². The Kier molecular flexibility index (Phi) is 6.16. The largest absolute Gasteiger partial charge is 0.494 e. The van der Waals surface area contributed by atoms with Crippen LogP contribution in [0.1, 0.15) is 11.3 Å². The van der Waals surface area contributed by atoms with E-state index in [9.17, 15) is 14.9 Å². The molecule has 0 atom stereocenters. The molecule has 29 heavy (non-hydrogen) atoms. The summed E-state index contributed by atoms with van der Waals surface area (Å²) in [6, 6.07) is 13.5. The van der Waals surface area contributed by atoms with Gasteiger partial charge in [-0.2, -0.15) is 0 Å². The summed E-state index contributed by atoms with van der Waals surface area (Å²) >= 11 is 0. The van der Waals surface area contributed by atoms with Gasteiger partial charge in [0.2, 0.25) is 0 Å². The van der Waals surface area contributed by atoms with E-state index in [1.54, 1.807) is 19.3 Å². The number of para-hydroxylation sites is 1. The number of nitrogens with zero attached hydrogens (tertiary/aromatic N) is 2. The molecule has 1 heterocycles. The van der Waals surface area contributed by atoms with Crippen molar-refractivity contribution < 1.29 is 23.9 Å². The van der Waals surface area contributed by atoms with Crippen LogP contribution in [0.4, 0.5) is 5.69 Å². The fourth-order valence-electron chi connectivity index (χ4n) is 2.73. The van der Waals surface area contributed by atoms with Crippen molar-refractivity contribution in [3.8, 4) is 11.5 Å². The van der Waals surface area contributed by atoms with E-state index in [0.717, 1.165) is 5.39 Å². The molecule has 3 rings (SSSR count). The fourth-order valence-corrected chi connectivity index (χ4v) is 2.73. The van der Waals surface area contributed by atoms with E-state index in [-0.39, 0.29) is 18.0 Å². The molecule has 1 aromatic heterocycles. The number of methoxy groups -OCH3 is 2. The summed E-state index contributed by atoms with van der Waals surface area (Å²) in [4.78, 5) is 26.9. The van der Waals surface area contributed by atoms with Gasteiger partial charge >= 0.3 is 5.97 Å². The maximum absolute atomic E-state index is 11.5. The van der Waals surface area contributed by atoms with E-state index in [4.69, 9.17) is 9.47 Å². The number of rotatable bonds is 7. The van der Waals surface area contributed by atoms with Gasteiger partial charge in [-0.05, 0) is 36.4 Å². The summed E-state index contributed by atoms with van der Waals surface area (Å²) in [5.74, 6) is 0.0785. The molecule has 0 amide bonds. The van der Waals surface area contributed by atoms with Crippen molar-refractivity contribution in [3.05, 3.63) is 69.9 Å². The van der Waals surface area contributed by atoms with E-state index in [1.807, 2.05) is 30.3 Å². The maximum Gasteiger partial charge on any atom is 0.337 e. The zero-order valence-corrected chi connectivity index (χ0v) is 15.8. The second-order valence-electron chi connectivity index (χ2n) is 5.99. The second kappa shape index (κ2) is 8.94. The molecule has 0 N–H and O–H groups in total. The minimum atomic E-state index is -0.639. The Morgan fingerprint density at radius 1 is 1.14 bits per heavy atom. The fraction of sp³-hybridized carbons (Fsp3) is 0.143. The highest BCUT2D eigenvalue weighted by molar-refractivity contribution is 5.86. The molecule has 3 aromatic rings. The number of nitro groups is 1. The summed E-state index contributed by atoms with van der Waals surface area (Å²) in [7, 11) is 2.93. The lowest BCUT2D eigenvalue weighted by atomic mass is 10.1. The molecule has 0 aliphatic rings. The lowest BCUT2D eigenvalue weighted by Gasteiger charge is -2.06. The highest BCUT2D eigenvalue weighted by atomic mass is 16.6.